The summed E-state index contributed by atoms with van der Waals surface area (Å²) in [6.45, 7) is 0.640. The first kappa shape index (κ1) is 13.6. The second-order valence-electron chi connectivity index (χ2n) is 5.25. The highest BCUT2D eigenvalue weighted by Crippen LogP contribution is 2.40. The smallest absolute Gasteiger partial charge is 0.295 e. The summed E-state index contributed by atoms with van der Waals surface area (Å²) in [7, 11) is 0. The number of ether oxygens (including phenoxy) is 1. The highest BCUT2D eigenvalue weighted by atomic mass is 35.5. The summed E-state index contributed by atoms with van der Waals surface area (Å²) in [5, 5.41) is 14.0. The van der Waals surface area contributed by atoms with Crippen molar-refractivity contribution in [3.8, 4) is 0 Å². The Hall–Kier alpha value is -1.40. The van der Waals surface area contributed by atoms with Gasteiger partial charge in [-0.25, -0.2) is 4.39 Å². The molecule has 1 aliphatic heterocycles. The van der Waals surface area contributed by atoms with Crippen LogP contribution < -0.4 is 5.32 Å². The van der Waals surface area contributed by atoms with Gasteiger partial charge in [-0.15, -0.1) is 0 Å². The van der Waals surface area contributed by atoms with Crippen LogP contribution in [-0.2, 0) is 4.74 Å². The molecule has 1 heterocycles. The fourth-order valence-corrected chi connectivity index (χ4v) is 2.82. The van der Waals surface area contributed by atoms with Crippen molar-refractivity contribution in [3.05, 3.63) is 33.1 Å². The molecule has 1 saturated heterocycles. The summed E-state index contributed by atoms with van der Waals surface area (Å²) < 4.78 is 19.0. The maximum Gasteiger partial charge on any atom is 0.295 e. The zero-order valence-corrected chi connectivity index (χ0v) is 11.4. The monoisotopic (exact) mass is 300 g/mol. The zero-order valence-electron chi connectivity index (χ0n) is 10.6. The molecule has 2 atom stereocenters. The van der Waals surface area contributed by atoms with E-state index in [1.54, 1.807) is 0 Å². The molecular weight excluding hydrogens is 287 g/mol. The van der Waals surface area contributed by atoms with Gasteiger partial charge < -0.3 is 10.1 Å². The van der Waals surface area contributed by atoms with Gasteiger partial charge in [0.25, 0.3) is 5.69 Å². The minimum atomic E-state index is -0.787. The van der Waals surface area contributed by atoms with Crippen molar-refractivity contribution in [1.29, 1.82) is 0 Å². The van der Waals surface area contributed by atoms with Gasteiger partial charge in [-0.3, -0.25) is 10.1 Å². The van der Waals surface area contributed by atoms with Crippen LogP contribution in [0.15, 0.2) is 12.1 Å². The molecule has 5 nitrogen and oxygen atoms in total. The molecule has 3 rings (SSSR count). The van der Waals surface area contributed by atoms with Crippen LogP contribution in [0, 0.1) is 21.8 Å². The van der Waals surface area contributed by atoms with Crippen molar-refractivity contribution < 1.29 is 14.1 Å². The second-order valence-corrected chi connectivity index (χ2v) is 5.66. The summed E-state index contributed by atoms with van der Waals surface area (Å²) in [6, 6.07) is 2.15. The molecule has 0 radical (unpaired) electrons. The van der Waals surface area contributed by atoms with Crippen molar-refractivity contribution >= 4 is 23.0 Å². The third kappa shape index (κ3) is 2.58. The number of nitro groups is 1. The van der Waals surface area contributed by atoms with Crippen LogP contribution in [0.2, 0.25) is 5.02 Å². The predicted molar refractivity (Wildman–Crippen MR) is 72.6 cm³/mol. The number of nitro benzene ring substituents is 1. The SMILES string of the molecule is O=[N+]([O-])c1cc(F)c(Cl)cc1NC1CCOC1C1CC1. The minimum absolute atomic E-state index is 0.0164. The van der Waals surface area contributed by atoms with Gasteiger partial charge in [0.05, 0.1) is 28.2 Å². The number of anilines is 1. The largest absolute Gasteiger partial charge is 0.376 e. The molecule has 7 heteroatoms. The van der Waals surface area contributed by atoms with Gasteiger partial charge in [0, 0.05) is 6.61 Å². The Labute approximate surface area is 120 Å². The summed E-state index contributed by atoms with van der Waals surface area (Å²) >= 11 is 5.72. The van der Waals surface area contributed by atoms with Crippen LogP contribution in [0.25, 0.3) is 0 Å². The molecule has 1 aliphatic carbocycles. The van der Waals surface area contributed by atoms with E-state index in [-0.39, 0.29) is 28.5 Å². The molecule has 20 heavy (non-hydrogen) atoms. The highest BCUT2D eigenvalue weighted by molar-refractivity contribution is 6.31. The number of nitrogens with one attached hydrogen (secondary N) is 1. The first-order valence-corrected chi connectivity index (χ1v) is 6.95. The van der Waals surface area contributed by atoms with E-state index in [0.29, 0.717) is 12.5 Å². The fraction of sp³-hybridized carbons (Fsp3) is 0.538. The van der Waals surface area contributed by atoms with E-state index in [2.05, 4.69) is 5.32 Å². The Morgan fingerprint density at radius 2 is 2.15 bits per heavy atom. The molecular formula is C13H14ClFN2O3. The number of hydrogen-bond acceptors (Lipinski definition) is 4. The molecule has 2 fully saturated rings. The topological polar surface area (TPSA) is 64.4 Å². The lowest BCUT2D eigenvalue weighted by Crippen LogP contribution is -2.31. The maximum atomic E-state index is 13.4. The minimum Gasteiger partial charge on any atom is -0.376 e. The summed E-state index contributed by atoms with van der Waals surface area (Å²) in [5.41, 5.74) is -0.0455. The van der Waals surface area contributed by atoms with Crippen LogP contribution >= 0.6 is 11.6 Å². The number of halogens is 2. The molecule has 2 unspecified atom stereocenters. The quantitative estimate of drug-likeness (QED) is 0.684. The van der Waals surface area contributed by atoms with Gasteiger partial charge in [0.1, 0.15) is 11.5 Å². The second kappa shape index (κ2) is 5.18. The van der Waals surface area contributed by atoms with Crippen LogP contribution in [0.1, 0.15) is 19.3 Å². The Balaban J connectivity index is 1.85. The van der Waals surface area contributed by atoms with Gasteiger partial charge >= 0.3 is 0 Å². The van der Waals surface area contributed by atoms with E-state index in [1.165, 1.54) is 6.07 Å². The lowest BCUT2D eigenvalue weighted by Gasteiger charge is -2.20. The number of benzene rings is 1. The molecule has 1 aromatic carbocycles. The van der Waals surface area contributed by atoms with Crippen molar-refractivity contribution in [3.63, 3.8) is 0 Å². The molecule has 0 aromatic heterocycles. The summed E-state index contributed by atoms with van der Waals surface area (Å²) in [6.07, 6.45) is 3.14. The van der Waals surface area contributed by atoms with Crippen molar-refractivity contribution in [1.82, 2.24) is 0 Å². The standard InChI is InChI=1S/C13H14ClFN2O3/c14-8-5-11(12(17(18)19)6-9(8)15)16-10-3-4-20-13(10)7-1-2-7/h5-7,10,13,16H,1-4H2. The van der Waals surface area contributed by atoms with E-state index in [4.69, 9.17) is 16.3 Å². The van der Waals surface area contributed by atoms with Crippen molar-refractivity contribution in [2.75, 3.05) is 11.9 Å². The summed E-state index contributed by atoms with van der Waals surface area (Å²) in [4.78, 5) is 10.4. The first-order valence-electron chi connectivity index (χ1n) is 6.58. The van der Waals surface area contributed by atoms with Gasteiger partial charge in [-0.2, -0.15) is 0 Å². The molecule has 108 valence electrons. The molecule has 1 saturated carbocycles. The van der Waals surface area contributed by atoms with Crippen LogP contribution in [-0.4, -0.2) is 23.7 Å². The van der Waals surface area contributed by atoms with Crippen molar-refractivity contribution in [2.24, 2.45) is 5.92 Å². The Morgan fingerprint density at radius 3 is 2.80 bits per heavy atom. The molecule has 0 bridgehead atoms. The highest BCUT2D eigenvalue weighted by Gasteiger charge is 2.41. The molecule has 0 spiro atoms. The Morgan fingerprint density at radius 1 is 1.40 bits per heavy atom. The average molecular weight is 301 g/mol. The first-order chi connectivity index (χ1) is 9.56. The summed E-state index contributed by atoms with van der Waals surface area (Å²) in [5.74, 6) is -0.254. The lowest BCUT2D eigenvalue weighted by atomic mass is 10.1. The number of hydrogen-bond donors (Lipinski definition) is 1. The van der Waals surface area contributed by atoms with Gasteiger partial charge in [-0.1, -0.05) is 11.6 Å². The predicted octanol–water partition coefficient (Wildman–Crippen LogP) is 3.37. The van der Waals surface area contributed by atoms with Crippen LogP contribution in [0.4, 0.5) is 15.8 Å². The number of nitrogens with zero attached hydrogens (tertiary/aromatic N) is 1. The van der Waals surface area contributed by atoms with Crippen LogP contribution in [0.3, 0.4) is 0 Å². The molecule has 0 amide bonds. The van der Waals surface area contributed by atoms with Gasteiger partial charge in [0.2, 0.25) is 0 Å². The fourth-order valence-electron chi connectivity index (χ4n) is 2.66. The third-order valence-electron chi connectivity index (χ3n) is 3.80. The van der Waals surface area contributed by atoms with E-state index in [0.717, 1.165) is 25.3 Å². The van der Waals surface area contributed by atoms with E-state index >= 15 is 0 Å². The molecule has 1 N–H and O–H groups in total. The van der Waals surface area contributed by atoms with Gasteiger partial charge in [-0.05, 0) is 31.2 Å². The zero-order chi connectivity index (χ0) is 14.3. The van der Waals surface area contributed by atoms with Crippen molar-refractivity contribution in [2.45, 2.75) is 31.4 Å². The van der Waals surface area contributed by atoms with Crippen LogP contribution in [0.5, 0.6) is 0 Å². The normalized spacial score (nSPS) is 25.7. The Kier molecular flexibility index (Phi) is 3.52. The Bertz CT molecular complexity index is 551. The third-order valence-corrected chi connectivity index (χ3v) is 4.09. The van der Waals surface area contributed by atoms with E-state index in [9.17, 15) is 14.5 Å². The molecule has 1 aromatic rings. The maximum absolute atomic E-state index is 13.4. The van der Waals surface area contributed by atoms with Gasteiger partial charge in [0.15, 0.2) is 0 Å². The number of rotatable bonds is 4. The van der Waals surface area contributed by atoms with E-state index < -0.39 is 10.7 Å². The molecule has 2 aliphatic rings. The van der Waals surface area contributed by atoms with E-state index in [1.807, 2.05) is 0 Å². The lowest BCUT2D eigenvalue weighted by molar-refractivity contribution is -0.384. The average Bonchev–Trinajstić information content (AvgIpc) is 3.14.